The second kappa shape index (κ2) is 6.47. The highest BCUT2D eigenvalue weighted by molar-refractivity contribution is 5.93. The predicted molar refractivity (Wildman–Crippen MR) is 102 cm³/mol. The fraction of sp³-hybridized carbons (Fsp3) is 0.476. The number of fused-ring (bicyclic) bond motifs is 1. The first-order valence-electron chi connectivity index (χ1n) is 10.4. The minimum absolute atomic E-state index is 0.128. The first kappa shape index (κ1) is 19.6. The van der Waals surface area contributed by atoms with Crippen LogP contribution in [-0.2, 0) is 10.2 Å². The first-order valence-corrected chi connectivity index (χ1v) is 10.4. The average Bonchev–Trinajstić information content (AvgIpc) is 3.14. The fourth-order valence-corrected chi connectivity index (χ4v) is 5.19. The number of carbonyl (C=O) groups is 1. The van der Waals surface area contributed by atoms with Gasteiger partial charge in [-0.15, -0.1) is 23.4 Å². The summed E-state index contributed by atoms with van der Waals surface area (Å²) in [5.41, 5.74) is 0.107. The Morgan fingerprint density at radius 2 is 1.91 bits per heavy atom. The maximum atomic E-state index is 12.7. The Kier molecular flexibility index (Phi) is 3.96. The Balaban J connectivity index is 1.06. The molecule has 0 atom stereocenters. The third-order valence-corrected chi connectivity index (χ3v) is 6.74. The molecule has 8 nitrogen and oxygen atoms in total. The van der Waals surface area contributed by atoms with Crippen molar-refractivity contribution in [1.82, 2.24) is 25.5 Å². The quantitative estimate of drug-likeness (QED) is 0.642. The van der Waals surface area contributed by atoms with Gasteiger partial charge in [-0.05, 0) is 38.2 Å². The van der Waals surface area contributed by atoms with Gasteiger partial charge in [0.05, 0.1) is 17.0 Å². The summed E-state index contributed by atoms with van der Waals surface area (Å²) in [6, 6.07) is 7.45. The molecular formula is C21H18F3N5O3. The number of hydrogen-bond acceptors (Lipinski definition) is 7. The van der Waals surface area contributed by atoms with Crippen molar-refractivity contribution in [2.45, 2.75) is 61.4 Å². The molecule has 0 unspecified atom stereocenters. The van der Waals surface area contributed by atoms with Crippen LogP contribution < -0.4 is 5.32 Å². The Bertz CT molecular complexity index is 1200. The molecule has 4 fully saturated rings. The maximum absolute atomic E-state index is 12.7. The summed E-state index contributed by atoms with van der Waals surface area (Å²) < 4.78 is 46.6. The third kappa shape index (κ3) is 3.14. The van der Waals surface area contributed by atoms with E-state index in [2.05, 4.69) is 30.2 Å². The van der Waals surface area contributed by atoms with Gasteiger partial charge in [-0.25, -0.2) is 9.97 Å². The highest BCUT2D eigenvalue weighted by Crippen LogP contribution is 2.67. The standard InChI is InChI=1S/C21H18F3N5O3/c22-21(23,24)32-13-5-12(6-13)17-28-29-18(31-17)19-8-20(9-19,10-19)27-16(30)15-25-7-11-3-1-2-4-14(11)26-15/h1-4,7,12-13H,5-6,8-10H2,(H,27,30). The molecule has 0 spiro atoms. The van der Waals surface area contributed by atoms with Gasteiger partial charge in [0.15, 0.2) is 0 Å². The largest absolute Gasteiger partial charge is 0.522 e. The van der Waals surface area contributed by atoms with Gasteiger partial charge in [0.2, 0.25) is 17.6 Å². The normalized spacial score (nSPS) is 30.8. The number of nitrogens with zero attached hydrogens (tertiary/aromatic N) is 4. The van der Waals surface area contributed by atoms with Crippen LogP contribution in [0.3, 0.4) is 0 Å². The lowest BCUT2D eigenvalue weighted by Crippen LogP contribution is -2.76. The first-order chi connectivity index (χ1) is 15.2. The number of benzene rings is 1. The highest BCUT2D eigenvalue weighted by Gasteiger charge is 2.72. The summed E-state index contributed by atoms with van der Waals surface area (Å²) in [7, 11) is 0. The summed E-state index contributed by atoms with van der Waals surface area (Å²) in [5.74, 6) is 0.443. The zero-order chi connectivity index (χ0) is 22.1. The minimum atomic E-state index is -4.63. The van der Waals surface area contributed by atoms with E-state index in [4.69, 9.17) is 4.42 Å². The van der Waals surface area contributed by atoms with Crippen LogP contribution in [0, 0.1) is 0 Å². The zero-order valence-electron chi connectivity index (χ0n) is 16.7. The van der Waals surface area contributed by atoms with Gasteiger partial charge in [0.25, 0.3) is 5.91 Å². The van der Waals surface area contributed by atoms with Crippen LogP contribution in [0.1, 0.15) is 60.4 Å². The number of rotatable bonds is 5. The van der Waals surface area contributed by atoms with Crippen LogP contribution in [-0.4, -0.2) is 44.1 Å². The van der Waals surface area contributed by atoms with Crippen molar-refractivity contribution in [3.8, 4) is 0 Å². The van der Waals surface area contributed by atoms with Crippen molar-refractivity contribution >= 4 is 16.8 Å². The molecule has 1 aromatic carbocycles. The van der Waals surface area contributed by atoms with Crippen molar-refractivity contribution in [3.05, 3.63) is 48.1 Å². The number of ether oxygens (including phenoxy) is 1. The van der Waals surface area contributed by atoms with Crippen LogP contribution >= 0.6 is 0 Å². The number of aromatic nitrogens is 4. The number of amides is 1. The molecule has 7 rings (SSSR count). The van der Waals surface area contributed by atoms with Crippen LogP contribution in [0.5, 0.6) is 0 Å². The Morgan fingerprint density at radius 3 is 2.66 bits per heavy atom. The van der Waals surface area contributed by atoms with E-state index < -0.39 is 12.5 Å². The zero-order valence-corrected chi connectivity index (χ0v) is 16.7. The molecule has 0 radical (unpaired) electrons. The minimum Gasteiger partial charge on any atom is -0.424 e. The van der Waals surface area contributed by atoms with E-state index in [1.807, 2.05) is 24.3 Å². The monoisotopic (exact) mass is 445 g/mol. The molecule has 1 N–H and O–H groups in total. The molecule has 4 saturated carbocycles. The number of halogens is 3. The summed E-state index contributed by atoms with van der Waals surface area (Å²) in [5, 5.41) is 12.1. The molecule has 2 bridgehead atoms. The Morgan fingerprint density at radius 1 is 1.16 bits per heavy atom. The number of hydrogen-bond donors (Lipinski definition) is 1. The van der Waals surface area contributed by atoms with Gasteiger partial charge < -0.3 is 9.73 Å². The van der Waals surface area contributed by atoms with Crippen LogP contribution in [0.15, 0.2) is 34.9 Å². The van der Waals surface area contributed by atoms with Gasteiger partial charge in [0.1, 0.15) is 0 Å². The molecule has 2 aromatic heterocycles. The van der Waals surface area contributed by atoms with Gasteiger partial charge in [0, 0.05) is 23.0 Å². The topological polar surface area (TPSA) is 103 Å². The number of carbonyl (C=O) groups excluding carboxylic acids is 1. The molecule has 11 heteroatoms. The SMILES string of the molecule is O=C(NC12CC(c3nnc(C4CC(OC(F)(F)F)C4)o3)(C1)C2)c1ncc2ccccc2n1. The molecule has 4 aliphatic carbocycles. The van der Waals surface area contributed by atoms with Gasteiger partial charge in [-0.1, -0.05) is 18.2 Å². The van der Waals surface area contributed by atoms with Crippen LogP contribution in [0.2, 0.25) is 0 Å². The van der Waals surface area contributed by atoms with E-state index in [-0.39, 0.29) is 41.4 Å². The second-order valence-electron chi connectivity index (χ2n) is 9.10. The Labute approximate surface area is 179 Å². The average molecular weight is 445 g/mol. The second-order valence-corrected chi connectivity index (χ2v) is 9.10. The smallest absolute Gasteiger partial charge is 0.424 e. The molecular weight excluding hydrogens is 427 g/mol. The van der Waals surface area contributed by atoms with Gasteiger partial charge in [-0.2, -0.15) is 0 Å². The Hall–Kier alpha value is -3.08. The molecule has 0 saturated heterocycles. The van der Waals surface area contributed by atoms with E-state index >= 15 is 0 Å². The lowest BCUT2D eigenvalue weighted by atomic mass is 9.39. The van der Waals surface area contributed by atoms with Crippen molar-refractivity contribution < 1.29 is 27.1 Å². The summed E-state index contributed by atoms with van der Waals surface area (Å²) in [4.78, 5) is 21.1. The molecule has 0 aliphatic heterocycles. The molecule has 1 amide bonds. The number of para-hydroxylation sites is 1. The summed E-state index contributed by atoms with van der Waals surface area (Å²) >= 11 is 0. The van der Waals surface area contributed by atoms with E-state index in [0.717, 1.165) is 5.39 Å². The van der Waals surface area contributed by atoms with E-state index in [1.165, 1.54) is 0 Å². The maximum Gasteiger partial charge on any atom is 0.522 e. The summed E-state index contributed by atoms with van der Waals surface area (Å²) in [6.07, 6.45) is -1.42. The van der Waals surface area contributed by atoms with Gasteiger partial charge >= 0.3 is 6.36 Å². The van der Waals surface area contributed by atoms with Crippen LogP contribution in [0.4, 0.5) is 13.2 Å². The molecule has 2 heterocycles. The van der Waals surface area contributed by atoms with Crippen molar-refractivity contribution in [3.63, 3.8) is 0 Å². The molecule has 166 valence electrons. The van der Waals surface area contributed by atoms with Crippen molar-refractivity contribution in [2.24, 2.45) is 0 Å². The highest BCUT2D eigenvalue weighted by atomic mass is 19.4. The predicted octanol–water partition coefficient (Wildman–Crippen LogP) is 3.40. The van der Waals surface area contributed by atoms with Crippen molar-refractivity contribution in [2.75, 3.05) is 0 Å². The molecule has 3 aromatic rings. The fourth-order valence-electron chi connectivity index (χ4n) is 5.19. The number of alkyl halides is 3. The van der Waals surface area contributed by atoms with Crippen molar-refractivity contribution in [1.29, 1.82) is 0 Å². The lowest BCUT2D eigenvalue weighted by molar-refractivity contribution is -0.352. The summed E-state index contributed by atoms with van der Waals surface area (Å²) in [6.45, 7) is 0. The molecule has 4 aliphatic rings. The third-order valence-electron chi connectivity index (χ3n) is 6.74. The van der Waals surface area contributed by atoms with E-state index in [1.54, 1.807) is 6.20 Å². The van der Waals surface area contributed by atoms with E-state index in [0.29, 0.717) is 36.6 Å². The number of nitrogens with one attached hydrogen (secondary N) is 1. The van der Waals surface area contributed by atoms with E-state index in [9.17, 15) is 18.0 Å². The van der Waals surface area contributed by atoms with Crippen LogP contribution in [0.25, 0.3) is 10.9 Å². The molecule has 32 heavy (non-hydrogen) atoms. The van der Waals surface area contributed by atoms with Gasteiger partial charge in [-0.3, -0.25) is 9.53 Å². The lowest BCUT2D eigenvalue weighted by Gasteiger charge is -2.68.